The van der Waals surface area contributed by atoms with Crippen LogP contribution < -0.4 is 21.1 Å². The van der Waals surface area contributed by atoms with E-state index in [0.29, 0.717) is 11.5 Å². The second kappa shape index (κ2) is 10.2. The van der Waals surface area contributed by atoms with Gasteiger partial charge in [0.15, 0.2) is 0 Å². The van der Waals surface area contributed by atoms with Crippen molar-refractivity contribution in [2.45, 2.75) is 29.8 Å². The number of urea groups is 1. The molecule has 3 amide bonds. The number of carbonyl (C=O) groups is 2. The molecule has 3 aromatic carbocycles. The minimum atomic E-state index is -0.684. The van der Waals surface area contributed by atoms with Crippen LogP contribution in [0.5, 0.6) is 11.5 Å². The zero-order chi connectivity index (χ0) is 22.3. The summed E-state index contributed by atoms with van der Waals surface area (Å²) in [5, 5.41) is 5.82. The third-order valence-electron chi connectivity index (χ3n) is 5.24. The Balaban J connectivity index is 1.48. The Bertz CT molecular complexity index is 1090. The van der Waals surface area contributed by atoms with E-state index in [-0.39, 0.29) is 18.4 Å². The predicted octanol–water partition coefficient (Wildman–Crippen LogP) is 4.93. The maximum absolute atomic E-state index is 12.9. The summed E-state index contributed by atoms with van der Waals surface area (Å²) in [4.78, 5) is 25.8. The van der Waals surface area contributed by atoms with Gasteiger partial charge < -0.3 is 21.1 Å². The highest BCUT2D eigenvalue weighted by Crippen LogP contribution is 2.36. The molecular weight excluding hydrogens is 422 g/mol. The first-order chi connectivity index (χ1) is 15.6. The van der Waals surface area contributed by atoms with Gasteiger partial charge in [0.2, 0.25) is 5.91 Å². The van der Waals surface area contributed by atoms with Crippen molar-refractivity contribution in [3.63, 3.8) is 0 Å². The molecule has 1 heterocycles. The minimum absolute atomic E-state index is 0.0399. The molecule has 7 heteroatoms. The molecule has 0 aromatic heterocycles. The molecule has 32 heavy (non-hydrogen) atoms. The number of ether oxygens (including phenoxy) is 1. The molecule has 3 aromatic rings. The molecule has 0 saturated heterocycles. The van der Waals surface area contributed by atoms with Crippen molar-refractivity contribution >= 4 is 23.7 Å². The van der Waals surface area contributed by atoms with E-state index in [4.69, 9.17) is 10.5 Å². The van der Waals surface area contributed by atoms with Gasteiger partial charge in [0, 0.05) is 10.6 Å². The van der Waals surface area contributed by atoms with Crippen molar-refractivity contribution in [3.05, 3.63) is 90.0 Å². The summed E-state index contributed by atoms with van der Waals surface area (Å²) in [7, 11) is 0. The van der Waals surface area contributed by atoms with Gasteiger partial charge in [-0.15, -0.1) is 11.8 Å². The average molecular weight is 448 g/mol. The number of thioether (sulfide) groups is 1. The Labute approximate surface area is 191 Å². The molecule has 164 valence electrons. The number of hydrogen-bond acceptors (Lipinski definition) is 4. The summed E-state index contributed by atoms with van der Waals surface area (Å²) in [6.45, 7) is 0. The van der Waals surface area contributed by atoms with Crippen LogP contribution in [0.25, 0.3) is 0 Å². The third-order valence-corrected chi connectivity index (χ3v) is 6.36. The van der Waals surface area contributed by atoms with E-state index in [0.717, 1.165) is 23.3 Å². The van der Waals surface area contributed by atoms with Crippen LogP contribution in [0, 0.1) is 0 Å². The first-order valence-electron chi connectivity index (χ1n) is 10.5. The monoisotopic (exact) mass is 447 g/mol. The molecule has 4 N–H and O–H groups in total. The van der Waals surface area contributed by atoms with Gasteiger partial charge in [-0.2, -0.15) is 0 Å². The van der Waals surface area contributed by atoms with Crippen molar-refractivity contribution in [2.24, 2.45) is 5.73 Å². The fraction of sp³-hybridized carbons (Fsp3) is 0.200. The lowest BCUT2D eigenvalue weighted by molar-refractivity contribution is -0.122. The topological polar surface area (TPSA) is 93.5 Å². The lowest BCUT2D eigenvalue weighted by atomic mass is 10.0. The van der Waals surface area contributed by atoms with Crippen molar-refractivity contribution in [3.8, 4) is 11.5 Å². The molecule has 1 aliphatic rings. The van der Waals surface area contributed by atoms with Crippen LogP contribution in [0.3, 0.4) is 0 Å². The van der Waals surface area contributed by atoms with Crippen molar-refractivity contribution in [1.29, 1.82) is 0 Å². The van der Waals surface area contributed by atoms with Crippen LogP contribution in [-0.2, 0) is 4.79 Å². The molecule has 2 atom stereocenters. The van der Waals surface area contributed by atoms with Gasteiger partial charge in [-0.1, -0.05) is 48.5 Å². The molecule has 0 radical (unpaired) electrons. The average Bonchev–Trinajstić information content (AvgIpc) is 2.79. The quantitative estimate of drug-likeness (QED) is 0.479. The first-order valence-corrected chi connectivity index (χ1v) is 11.5. The number of amides is 3. The Hall–Kier alpha value is -3.45. The van der Waals surface area contributed by atoms with E-state index in [2.05, 4.69) is 22.8 Å². The lowest BCUT2D eigenvalue weighted by Crippen LogP contribution is -2.38. The smallest absolute Gasteiger partial charge is 0.312 e. The van der Waals surface area contributed by atoms with Crippen LogP contribution in [-0.4, -0.2) is 17.7 Å². The van der Waals surface area contributed by atoms with Gasteiger partial charge in [-0.3, -0.25) is 4.79 Å². The summed E-state index contributed by atoms with van der Waals surface area (Å²) in [5.41, 5.74) is 7.28. The molecule has 0 saturated carbocycles. The van der Waals surface area contributed by atoms with Gasteiger partial charge >= 0.3 is 6.03 Å². The second-order valence-electron chi connectivity index (χ2n) is 7.55. The number of carbonyl (C=O) groups excluding carboxylic acids is 2. The summed E-state index contributed by atoms with van der Waals surface area (Å²) < 4.78 is 5.89. The molecule has 0 bridgehead atoms. The summed E-state index contributed by atoms with van der Waals surface area (Å²) in [5.74, 6) is 2.12. The summed E-state index contributed by atoms with van der Waals surface area (Å²) >= 11 is 1.80. The third kappa shape index (κ3) is 5.62. The Morgan fingerprint density at radius 2 is 1.75 bits per heavy atom. The zero-order valence-corrected chi connectivity index (χ0v) is 18.3. The second-order valence-corrected chi connectivity index (χ2v) is 8.68. The SMILES string of the molecule is NC(=O)N[C@H](CC(=O)N[C@@H]1CCSc2ccccc21)c1cccc(Oc2ccccc2)c1. The van der Waals surface area contributed by atoms with Crippen molar-refractivity contribution in [2.75, 3.05) is 5.75 Å². The van der Waals surface area contributed by atoms with E-state index >= 15 is 0 Å². The van der Waals surface area contributed by atoms with Gasteiger partial charge in [0.05, 0.1) is 18.5 Å². The number of benzene rings is 3. The van der Waals surface area contributed by atoms with E-state index in [9.17, 15) is 9.59 Å². The normalized spacial score (nSPS) is 15.8. The van der Waals surface area contributed by atoms with Crippen LogP contribution in [0.15, 0.2) is 83.8 Å². The number of rotatable bonds is 7. The van der Waals surface area contributed by atoms with Crippen molar-refractivity contribution < 1.29 is 14.3 Å². The number of nitrogens with one attached hydrogen (secondary N) is 2. The molecule has 0 fully saturated rings. The minimum Gasteiger partial charge on any atom is -0.457 e. The molecule has 4 rings (SSSR count). The molecule has 0 aliphatic carbocycles. The standard InChI is InChI=1S/C25H25N3O3S/c26-25(30)28-22(17-7-6-10-19(15-17)31-18-8-2-1-3-9-18)16-24(29)27-21-13-14-32-23-12-5-4-11-20(21)23/h1-12,15,21-22H,13-14,16H2,(H,27,29)(H3,26,28,30)/t21-,22-/m1/s1. The van der Waals surface area contributed by atoms with Gasteiger partial charge in [-0.25, -0.2) is 4.79 Å². The maximum Gasteiger partial charge on any atom is 0.312 e. The first kappa shape index (κ1) is 21.8. The Morgan fingerprint density at radius 3 is 2.56 bits per heavy atom. The van der Waals surface area contributed by atoms with Crippen LogP contribution in [0.2, 0.25) is 0 Å². The van der Waals surface area contributed by atoms with E-state index in [1.54, 1.807) is 11.8 Å². The zero-order valence-electron chi connectivity index (χ0n) is 17.5. The summed E-state index contributed by atoms with van der Waals surface area (Å²) in [6, 6.07) is 23.6. The Morgan fingerprint density at radius 1 is 1.00 bits per heavy atom. The molecule has 1 aliphatic heterocycles. The predicted molar refractivity (Wildman–Crippen MR) is 126 cm³/mol. The van der Waals surface area contributed by atoms with Gasteiger partial charge in [-0.05, 0) is 47.9 Å². The maximum atomic E-state index is 12.9. The number of para-hydroxylation sites is 1. The van der Waals surface area contributed by atoms with E-state index < -0.39 is 12.1 Å². The van der Waals surface area contributed by atoms with Gasteiger partial charge in [0.1, 0.15) is 11.5 Å². The van der Waals surface area contributed by atoms with Crippen LogP contribution >= 0.6 is 11.8 Å². The Kier molecular flexibility index (Phi) is 6.97. The molecule has 0 spiro atoms. The number of hydrogen-bond donors (Lipinski definition) is 3. The van der Waals surface area contributed by atoms with Crippen molar-refractivity contribution in [1.82, 2.24) is 10.6 Å². The highest BCUT2D eigenvalue weighted by Gasteiger charge is 2.24. The highest BCUT2D eigenvalue weighted by atomic mass is 32.2. The fourth-order valence-electron chi connectivity index (χ4n) is 3.77. The molecule has 0 unspecified atom stereocenters. The number of nitrogens with two attached hydrogens (primary N) is 1. The number of fused-ring (bicyclic) bond motifs is 1. The van der Waals surface area contributed by atoms with E-state index in [1.807, 2.05) is 66.7 Å². The van der Waals surface area contributed by atoms with Gasteiger partial charge in [0.25, 0.3) is 0 Å². The largest absolute Gasteiger partial charge is 0.457 e. The lowest BCUT2D eigenvalue weighted by Gasteiger charge is -2.27. The molecule has 6 nitrogen and oxygen atoms in total. The molecular formula is C25H25N3O3S. The summed E-state index contributed by atoms with van der Waals surface area (Å²) in [6.07, 6.45) is 0.936. The fourth-order valence-corrected chi connectivity index (χ4v) is 4.90. The van der Waals surface area contributed by atoms with Crippen LogP contribution in [0.4, 0.5) is 4.79 Å². The highest BCUT2D eigenvalue weighted by molar-refractivity contribution is 7.99. The van der Waals surface area contributed by atoms with Crippen LogP contribution in [0.1, 0.15) is 36.1 Å². The van der Waals surface area contributed by atoms with E-state index in [1.165, 1.54) is 4.90 Å². The number of primary amides is 1.